The molecule has 4 saturated heterocycles. The Balaban J connectivity index is 1.21. The molecule has 3 unspecified atom stereocenters. The Bertz CT molecular complexity index is 743. The number of halogens is 1. The van der Waals surface area contributed by atoms with E-state index in [9.17, 15) is 4.39 Å². The van der Waals surface area contributed by atoms with E-state index in [4.69, 9.17) is 9.47 Å². The molecule has 4 aliphatic rings. The summed E-state index contributed by atoms with van der Waals surface area (Å²) < 4.78 is 26.1. The normalized spacial score (nSPS) is 35.4. The summed E-state index contributed by atoms with van der Waals surface area (Å²) in [6, 6.07) is 6.45. The van der Waals surface area contributed by atoms with Crippen molar-refractivity contribution in [1.82, 2.24) is 10.2 Å². The summed E-state index contributed by atoms with van der Waals surface area (Å²) in [4.78, 5) is 2.64. The van der Waals surface area contributed by atoms with Crippen molar-refractivity contribution in [3.8, 4) is 0 Å². The van der Waals surface area contributed by atoms with Gasteiger partial charge in [-0.1, -0.05) is 19.9 Å². The summed E-state index contributed by atoms with van der Waals surface area (Å²) >= 11 is 0. The fourth-order valence-corrected chi connectivity index (χ4v) is 6.15. The predicted octanol–water partition coefficient (Wildman–Crippen LogP) is 4.01. The van der Waals surface area contributed by atoms with Gasteiger partial charge in [0.25, 0.3) is 0 Å². The number of ether oxygens (including phenoxy) is 2. The zero-order valence-electron chi connectivity index (χ0n) is 18.5. The number of piperidine rings is 1. The van der Waals surface area contributed by atoms with E-state index >= 15 is 0 Å². The van der Waals surface area contributed by atoms with Gasteiger partial charge in [0.2, 0.25) is 0 Å². The quantitative estimate of drug-likeness (QED) is 0.788. The van der Waals surface area contributed by atoms with Crippen LogP contribution in [-0.2, 0) is 9.47 Å². The highest BCUT2D eigenvalue weighted by atomic mass is 19.1. The van der Waals surface area contributed by atoms with Crippen LogP contribution < -0.4 is 5.32 Å². The smallest absolute Gasteiger partial charge is 0.123 e. The molecule has 1 aromatic carbocycles. The molecule has 4 nitrogen and oxygen atoms in total. The average molecular weight is 416 g/mol. The number of nitrogens with one attached hydrogen (secondary N) is 1. The van der Waals surface area contributed by atoms with Crippen LogP contribution in [-0.4, -0.2) is 62.0 Å². The molecule has 165 valence electrons. The Kier molecular flexibility index (Phi) is 5.91. The van der Waals surface area contributed by atoms with Gasteiger partial charge in [0, 0.05) is 31.2 Å². The second-order valence-electron chi connectivity index (χ2n) is 10.2. The fourth-order valence-electron chi connectivity index (χ4n) is 6.15. The molecule has 5 rings (SSSR count). The molecule has 5 heteroatoms. The van der Waals surface area contributed by atoms with Crippen LogP contribution in [0.25, 0.3) is 0 Å². The number of hydrogen-bond donors (Lipinski definition) is 1. The van der Waals surface area contributed by atoms with Crippen LogP contribution in [0.3, 0.4) is 0 Å². The van der Waals surface area contributed by atoms with Crippen molar-refractivity contribution < 1.29 is 13.9 Å². The van der Waals surface area contributed by atoms with Crippen molar-refractivity contribution >= 4 is 0 Å². The lowest BCUT2D eigenvalue weighted by Crippen LogP contribution is -2.68. The van der Waals surface area contributed by atoms with E-state index in [0.717, 1.165) is 71.6 Å². The second kappa shape index (κ2) is 8.50. The molecule has 1 aromatic rings. The second-order valence-corrected chi connectivity index (χ2v) is 10.2. The first-order valence-electron chi connectivity index (χ1n) is 11.8. The highest BCUT2D eigenvalue weighted by Crippen LogP contribution is 2.42. The monoisotopic (exact) mass is 415 g/mol. The molecule has 4 atom stereocenters. The lowest BCUT2D eigenvalue weighted by molar-refractivity contribution is -0.0782. The van der Waals surface area contributed by atoms with E-state index in [1.54, 1.807) is 12.1 Å². The minimum Gasteiger partial charge on any atom is -0.381 e. The zero-order chi connectivity index (χ0) is 20.7. The molecule has 1 N–H and O–H groups in total. The highest BCUT2D eigenvalue weighted by molar-refractivity contribution is 5.35. The van der Waals surface area contributed by atoms with Gasteiger partial charge in [0.1, 0.15) is 5.82 Å². The van der Waals surface area contributed by atoms with Crippen molar-refractivity contribution in [2.45, 2.75) is 75.5 Å². The van der Waals surface area contributed by atoms with Gasteiger partial charge in [-0.25, -0.2) is 4.39 Å². The average Bonchev–Trinajstić information content (AvgIpc) is 3.43. The molecule has 0 saturated carbocycles. The van der Waals surface area contributed by atoms with Gasteiger partial charge in [0.15, 0.2) is 0 Å². The summed E-state index contributed by atoms with van der Waals surface area (Å²) in [5, 5.41) is 3.59. The minimum atomic E-state index is -0.104. The van der Waals surface area contributed by atoms with Crippen molar-refractivity contribution in [3.63, 3.8) is 0 Å². The number of likely N-dealkylation sites (tertiary alicyclic amines) is 1. The summed E-state index contributed by atoms with van der Waals surface area (Å²) in [5.74, 6) is 2.26. The summed E-state index contributed by atoms with van der Waals surface area (Å²) in [7, 11) is 0. The maximum absolute atomic E-state index is 14.1. The molecule has 0 bridgehead atoms. The van der Waals surface area contributed by atoms with Crippen molar-refractivity contribution in [3.05, 3.63) is 41.1 Å². The highest BCUT2D eigenvalue weighted by Gasteiger charge is 2.53. The van der Waals surface area contributed by atoms with Gasteiger partial charge in [0.05, 0.1) is 18.8 Å². The van der Waals surface area contributed by atoms with Crippen LogP contribution in [0, 0.1) is 11.7 Å². The van der Waals surface area contributed by atoms with E-state index in [0.29, 0.717) is 23.9 Å². The maximum atomic E-state index is 14.1. The molecule has 0 aromatic heterocycles. The lowest BCUT2D eigenvalue weighted by Gasteiger charge is -2.48. The molecule has 1 radical (unpaired) electrons. The van der Waals surface area contributed by atoms with Crippen LogP contribution in [0.1, 0.15) is 68.9 Å². The van der Waals surface area contributed by atoms with Crippen LogP contribution in [0.15, 0.2) is 18.2 Å². The minimum absolute atomic E-state index is 0.0526. The van der Waals surface area contributed by atoms with Gasteiger partial charge < -0.3 is 14.8 Å². The summed E-state index contributed by atoms with van der Waals surface area (Å²) in [5.41, 5.74) is 2.61. The van der Waals surface area contributed by atoms with Crippen LogP contribution in [0.2, 0.25) is 0 Å². The summed E-state index contributed by atoms with van der Waals surface area (Å²) in [6.07, 6.45) is 5.53. The predicted molar refractivity (Wildman–Crippen MR) is 116 cm³/mol. The van der Waals surface area contributed by atoms with Crippen LogP contribution >= 0.6 is 0 Å². The molecule has 4 heterocycles. The Labute approximate surface area is 180 Å². The van der Waals surface area contributed by atoms with Gasteiger partial charge in [-0.2, -0.15) is 0 Å². The molecule has 30 heavy (non-hydrogen) atoms. The van der Waals surface area contributed by atoms with Crippen molar-refractivity contribution in [2.75, 3.05) is 39.5 Å². The van der Waals surface area contributed by atoms with Gasteiger partial charge in [-0.3, -0.25) is 4.90 Å². The first-order chi connectivity index (χ1) is 14.5. The molecular weight excluding hydrogens is 379 g/mol. The first kappa shape index (κ1) is 20.9. The molecular formula is C25H36FN2O2. The number of rotatable bonds is 5. The van der Waals surface area contributed by atoms with Gasteiger partial charge in [-0.05, 0) is 80.3 Å². The molecule has 4 aliphatic heterocycles. The Morgan fingerprint density at radius 1 is 1.13 bits per heavy atom. The Morgan fingerprint density at radius 2 is 1.97 bits per heavy atom. The van der Waals surface area contributed by atoms with Crippen molar-refractivity contribution in [1.29, 1.82) is 0 Å². The van der Waals surface area contributed by atoms with Gasteiger partial charge in [-0.15, -0.1) is 0 Å². The molecule has 1 spiro atoms. The number of benzene rings is 1. The zero-order valence-corrected chi connectivity index (χ0v) is 18.5. The molecule has 4 fully saturated rings. The maximum Gasteiger partial charge on any atom is 0.123 e. The Morgan fingerprint density at radius 3 is 2.63 bits per heavy atom. The van der Waals surface area contributed by atoms with E-state index in [1.807, 2.05) is 6.07 Å². The first-order valence-corrected chi connectivity index (χ1v) is 11.8. The van der Waals surface area contributed by atoms with Crippen molar-refractivity contribution in [2.24, 2.45) is 0 Å². The SMILES string of the molecule is C[C](C)CC1NCC12C[C@H](N1CCC(c3cc(F)ccc3C3CCOC3)CC1)CO2. The topological polar surface area (TPSA) is 33.7 Å². The van der Waals surface area contributed by atoms with E-state index < -0.39 is 0 Å². The van der Waals surface area contributed by atoms with Crippen LogP contribution in [0.4, 0.5) is 4.39 Å². The summed E-state index contributed by atoms with van der Waals surface area (Å²) in [6.45, 7) is 10.1. The van der Waals surface area contributed by atoms with E-state index in [2.05, 4.69) is 24.1 Å². The van der Waals surface area contributed by atoms with Gasteiger partial charge >= 0.3 is 0 Å². The standard InChI is InChI=1S/C25H36FN2O2/c1-17(2)11-24-25(16-27-24)13-21(15-30-25)28-8-5-18(6-9-28)23-12-20(26)3-4-22(23)19-7-10-29-14-19/h3-4,12,18-19,21,24,27H,5-11,13-16H2,1-2H3/t19?,21-,24?,25?/m0/s1. The van der Waals surface area contributed by atoms with E-state index in [1.165, 1.54) is 17.0 Å². The van der Waals surface area contributed by atoms with E-state index in [-0.39, 0.29) is 11.4 Å². The largest absolute Gasteiger partial charge is 0.381 e. The molecule has 0 aliphatic carbocycles. The third-order valence-electron chi connectivity index (χ3n) is 7.94. The fraction of sp³-hybridized carbons (Fsp3) is 0.720. The third kappa shape index (κ3) is 3.94. The lowest BCUT2D eigenvalue weighted by atomic mass is 9.78. The third-order valence-corrected chi connectivity index (χ3v) is 7.94. The molecule has 0 amide bonds. The Hall–Kier alpha value is -1.01. The number of hydrogen-bond acceptors (Lipinski definition) is 4. The van der Waals surface area contributed by atoms with Crippen LogP contribution in [0.5, 0.6) is 0 Å². The number of nitrogens with zero attached hydrogens (tertiary/aromatic N) is 1.